The molecule has 0 aliphatic rings. The van der Waals surface area contributed by atoms with Crippen LogP contribution in [0.2, 0.25) is 0 Å². The molecule has 0 heterocycles. The Labute approximate surface area is 191 Å². The van der Waals surface area contributed by atoms with Crippen molar-refractivity contribution in [2.45, 2.75) is 13.8 Å². The second-order valence-electron chi connectivity index (χ2n) is 7.98. The van der Waals surface area contributed by atoms with Crippen molar-refractivity contribution in [3.8, 4) is 11.8 Å². The minimum absolute atomic E-state index is 1.01. The quantitative estimate of drug-likeness (QED) is 0.236. The van der Waals surface area contributed by atoms with Gasteiger partial charge in [-0.05, 0) is 60.4 Å². The fourth-order valence-electron chi connectivity index (χ4n) is 3.24. The Balaban J connectivity index is 1.37. The number of benzene rings is 4. The Hall–Kier alpha value is -4.08. The smallest absolute Gasteiger partial charge is 0.0249 e. The van der Waals surface area contributed by atoms with Gasteiger partial charge in [0.25, 0.3) is 0 Å². The zero-order valence-corrected chi connectivity index (χ0v) is 18.5. The highest BCUT2D eigenvalue weighted by Crippen LogP contribution is 2.12. The van der Waals surface area contributed by atoms with Crippen LogP contribution in [0.3, 0.4) is 0 Å². The fraction of sp³-hybridized carbons (Fsp3) is 0.0625. The Morgan fingerprint density at radius 3 is 0.906 bits per heavy atom. The summed E-state index contributed by atoms with van der Waals surface area (Å²) in [5.74, 6) is 6.52. The first-order valence-corrected chi connectivity index (χ1v) is 10.9. The highest BCUT2D eigenvalue weighted by molar-refractivity contribution is 5.71. The molecule has 32 heavy (non-hydrogen) atoms. The maximum Gasteiger partial charge on any atom is 0.0249 e. The summed E-state index contributed by atoms with van der Waals surface area (Å²) >= 11 is 0. The predicted molar refractivity (Wildman–Crippen MR) is 139 cm³/mol. The summed E-state index contributed by atoms with van der Waals surface area (Å²) < 4.78 is 0. The molecule has 0 atom stereocenters. The summed E-state index contributed by atoms with van der Waals surface area (Å²) in [5, 5.41) is 0. The monoisotopic (exact) mass is 410 g/mol. The minimum atomic E-state index is 1.01. The zero-order chi connectivity index (χ0) is 22.2. The zero-order valence-electron chi connectivity index (χ0n) is 18.5. The summed E-state index contributed by atoms with van der Waals surface area (Å²) in [5.41, 5.74) is 9.33. The molecular formula is C32H26. The SMILES string of the molecule is Cc1ccc(/C=C/c2ccc(C#Cc3ccc(/C=C/c4ccc(C)cc4)cc3)cc2)cc1. The molecule has 4 rings (SSSR count). The van der Waals surface area contributed by atoms with E-state index in [1.54, 1.807) is 0 Å². The molecule has 0 heteroatoms. The molecule has 0 aromatic heterocycles. The van der Waals surface area contributed by atoms with Crippen LogP contribution in [-0.4, -0.2) is 0 Å². The van der Waals surface area contributed by atoms with E-state index in [0.717, 1.165) is 11.1 Å². The van der Waals surface area contributed by atoms with Gasteiger partial charge in [-0.3, -0.25) is 0 Å². The number of hydrogen-bond donors (Lipinski definition) is 0. The topological polar surface area (TPSA) is 0 Å². The van der Waals surface area contributed by atoms with Gasteiger partial charge in [-0.1, -0.05) is 120 Å². The number of hydrogen-bond acceptors (Lipinski definition) is 0. The molecule has 0 saturated carbocycles. The molecule has 4 aromatic rings. The van der Waals surface area contributed by atoms with Gasteiger partial charge in [0.15, 0.2) is 0 Å². The summed E-state index contributed by atoms with van der Waals surface area (Å²) in [4.78, 5) is 0. The lowest BCUT2D eigenvalue weighted by Crippen LogP contribution is -1.79. The van der Waals surface area contributed by atoms with E-state index in [9.17, 15) is 0 Å². The highest BCUT2D eigenvalue weighted by Gasteiger charge is 1.93. The van der Waals surface area contributed by atoms with Crippen molar-refractivity contribution >= 4 is 24.3 Å². The normalized spacial score (nSPS) is 10.9. The van der Waals surface area contributed by atoms with Crippen LogP contribution in [0.25, 0.3) is 24.3 Å². The maximum absolute atomic E-state index is 3.26. The fourth-order valence-corrected chi connectivity index (χ4v) is 3.24. The summed E-state index contributed by atoms with van der Waals surface area (Å²) in [6.07, 6.45) is 8.53. The maximum atomic E-state index is 3.26. The van der Waals surface area contributed by atoms with Gasteiger partial charge in [0.2, 0.25) is 0 Å². The van der Waals surface area contributed by atoms with Gasteiger partial charge in [0, 0.05) is 11.1 Å². The summed E-state index contributed by atoms with van der Waals surface area (Å²) in [7, 11) is 0. The molecule has 0 radical (unpaired) electrons. The molecule has 0 fully saturated rings. The van der Waals surface area contributed by atoms with Gasteiger partial charge in [-0.25, -0.2) is 0 Å². The molecule has 4 aromatic carbocycles. The van der Waals surface area contributed by atoms with Crippen molar-refractivity contribution in [2.75, 3.05) is 0 Å². The van der Waals surface area contributed by atoms with E-state index >= 15 is 0 Å². The Morgan fingerprint density at radius 2 is 0.625 bits per heavy atom. The molecular weight excluding hydrogens is 384 g/mol. The van der Waals surface area contributed by atoms with Crippen molar-refractivity contribution in [2.24, 2.45) is 0 Å². The molecule has 0 N–H and O–H groups in total. The first kappa shape index (κ1) is 21.2. The van der Waals surface area contributed by atoms with Crippen LogP contribution in [-0.2, 0) is 0 Å². The largest absolute Gasteiger partial charge is 0.0617 e. The van der Waals surface area contributed by atoms with Crippen LogP contribution < -0.4 is 0 Å². The second-order valence-corrected chi connectivity index (χ2v) is 7.98. The van der Waals surface area contributed by atoms with Crippen molar-refractivity contribution in [3.05, 3.63) is 142 Å². The van der Waals surface area contributed by atoms with E-state index in [-0.39, 0.29) is 0 Å². The average Bonchev–Trinajstić information content (AvgIpc) is 2.83. The third kappa shape index (κ3) is 6.21. The van der Waals surface area contributed by atoms with Gasteiger partial charge in [-0.15, -0.1) is 0 Å². The van der Waals surface area contributed by atoms with Gasteiger partial charge in [0.1, 0.15) is 0 Å². The lowest BCUT2D eigenvalue weighted by Gasteiger charge is -1.97. The van der Waals surface area contributed by atoms with Crippen LogP contribution in [0.15, 0.2) is 97.1 Å². The van der Waals surface area contributed by atoms with Crippen LogP contribution >= 0.6 is 0 Å². The van der Waals surface area contributed by atoms with Crippen molar-refractivity contribution in [1.29, 1.82) is 0 Å². The molecule has 0 saturated heterocycles. The van der Waals surface area contributed by atoms with E-state index in [4.69, 9.17) is 0 Å². The van der Waals surface area contributed by atoms with Gasteiger partial charge in [-0.2, -0.15) is 0 Å². The average molecular weight is 411 g/mol. The molecule has 0 spiro atoms. The van der Waals surface area contributed by atoms with E-state index in [2.05, 4.69) is 147 Å². The lowest BCUT2D eigenvalue weighted by molar-refractivity contribution is 1.46. The van der Waals surface area contributed by atoms with Crippen molar-refractivity contribution in [3.63, 3.8) is 0 Å². The standard InChI is InChI=1S/C32H26/c1-25-3-7-27(8-4-25)11-13-29-15-19-31(20-16-29)23-24-32-21-17-30(18-22-32)14-12-28-9-5-26(2)6-10-28/h3-22H,1-2H3/b13-11+,14-12+. The molecule has 0 bridgehead atoms. The molecule has 154 valence electrons. The van der Waals surface area contributed by atoms with Crippen LogP contribution in [0.4, 0.5) is 0 Å². The first-order valence-electron chi connectivity index (χ1n) is 10.9. The number of aryl methyl sites for hydroxylation is 2. The van der Waals surface area contributed by atoms with Gasteiger partial charge in [0.05, 0.1) is 0 Å². The van der Waals surface area contributed by atoms with Crippen molar-refractivity contribution in [1.82, 2.24) is 0 Å². The van der Waals surface area contributed by atoms with Gasteiger partial charge < -0.3 is 0 Å². The molecule has 0 aliphatic carbocycles. The Kier molecular flexibility index (Phi) is 6.81. The minimum Gasteiger partial charge on any atom is -0.0617 e. The van der Waals surface area contributed by atoms with E-state index in [1.807, 2.05) is 0 Å². The van der Waals surface area contributed by atoms with Gasteiger partial charge >= 0.3 is 0 Å². The summed E-state index contributed by atoms with van der Waals surface area (Å²) in [6.45, 7) is 4.21. The number of rotatable bonds is 4. The predicted octanol–water partition coefficient (Wildman–Crippen LogP) is 8.04. The molecule has 0 amide bonds. The Bertz CT molecular complexity index is 1170. The Morgan fingerprint density at radius 1 is 0.375 bits per heavy atom. The first-order chi connectivity index (χ1) is 15.6. The second kappa shape index (κ2) is 10.3. The summed E-state index contributed by atoms with van der Waals surface area (Å²) in [6, 6.07) is 33.8. The highest BCUT2D eigenvalue weighted by atomic mass is 14.0. The van der Waals surface area contributed by atoms with Crippen molar-refractivity contribution < 1.29 is 0 Å². The third-order valence-electron chi connectivity index (χ3n) is 5.26. The van der Waals surface area contributed by atoms with Crippen LogP contribution in [0.1, 0.15) is 44.5 Å². The van der Waals surface area contributed by atoms with Crippen LogP contribution in [0.5, 0.6) is 0 Å². The van der Waals surface area contributed by atoms with E-state index in [1.165, 1.54) is 33.4 Å². The third-order valence-corrected chi connectivity index (χ3v) is 5.26. The van der Waals surface area contributed by atoms with Crippen LogP contribution in [0, 0.1) is 25.7 Å². The van der Waals surface area contributed by atoms with E-state index < -0.39 is 0 Å². The molecule has 0 nitrogen and oxygen atoms in total. The molecule has 0 aliphatic heterocycles. The van der Waals surface area contributed by atoms with E-state index in [0.29, 0.717) is 0 Å². The lowest BCUT2D eigenvalue weighted by atomic mass is 10.1. The molecule has 0 unspecified atom stereocenters.